The van der Waals surface area contributed by atoms with Crippen molar-refractivity contribution in [2.24, 2.45) is 11.5 Å². The van der Waals surface area contributed by atoms with E-state index in [1.165, 1.54) is 13.1 Å². The smallest absolute Gasteiger partial charge is 0.246 e. The number of nitrogens with zero attached hydrogens (tertiary/aromatic N) is 2. The van der Waals surface area contributed by atoms with Crippen molar-refractivity contribution in [3.63, 3.8) is 0 Å². The highest BCUT2D eigenvalue weighted by molar-refractivity contribution is 5.84. The molecule has 1 aromatic rings. The minimum absolute atomic E-state index is 0.0329. The van der Waals surface area contributed by atoms with Crippen LogP contribution >= 0.6 is 0 Å². The highest BCUT2D eigenvalue weighted by Crippen LogP contribution is 2.19. The quantitative estimate of drug-likeness (QED) is 0.0316. The van der Waals surface area contributed by atoms with E-state index in [-0.39, 0.29) is 75.4 Å². The molecule has 0 atom stereocenters. The number of unbranched alkanes of at least 4 members (excludes halogenated alkanes) is 6. The van der Waals surface area contributed by atoms with Gasteiger partial charge in [0.15, 0.2) is 0 Å². The van der Waals surface area contributed by atoms with Crippen LogP contribution in [0.3, 0.4) is 0 Å². The molecule has 0 aliphatic rings. The Morgan fingerprint density at radius 1 is 0.655 bits per heavy atom. The molecule has 0 spiro atoms. The summed E-state index contributed by atoms with van der Waals surface area (Å²) in [6.45, 7) is 11.0. The first-order chi connectivity index (χ1) is 27.7. The summed E-state index contributed by atoms with van der Waals surface area (Å²) < 4.78 is 5.66. The lowest BCUT2D eigenvalue weighted by Gasteiger charge is -2.15. The van der Waals surface area contributed by atoms with E-state index in [1.807, 2.05) is 31.2 Å². The molecular weight excluding hydrogens is 748 g/mol. The van der Waals surface area contributed by atoms with Crippen molar-refractivity contribution in [3.8, 4) is 5.75 Å². The first kappa shape index (κ1) is 52.8. The van der Waals surface area contributed by atoms with Gasteiger partial charge in [-0.1, -0.05) is 19.1 Å². The Hall–Kier alpha value is -5.16. The number of carbonyl (C=O) groups is 6. The number of hydrogen-bond acceptors (Lipinski definition) is 11. The Balaban J connectivity index is 0.0000105. The molecule has 0 radical (unpaired) electrons. The predicted octanol–water partition coefficient (Wildman–Crippen LogP) is 3.64. The largest absolute Gasteiger partial charge is 0.493 e. The topological polar surface area (TPSA) is 259 Å². The van der Waals surface area contributed by atoms with E-state index in [1.54, 1.807) is 0 Å². The lowest BCUT2D eigenvalue weighted by Crippen LogP contribution is -2.31. The number of rotatable bonds is 30. The fourth-order valence-corrected chi connectivity index (χ4v) is 5.11. The van der Waals surface area contributed by atoms with Gasteiger partial charge in [-0.2, -0.15) is 0 Å². The molecule has 6 amide bonds. The Kier molecular flexibility index (Phi) is 30.9. The van der Waals surface area contributed by atoms with Gasteiger partial charge >= 0.3 is 0 Å². The summed E-state index contributed by atoms with van der Waals surface area (Å²) >= 11 is 0. The van der Waals surface area contributed by atoms with Crippen molar-refractivity contribution in [2.75, 3.05) is 45.9 Å². The van der Waals surface area contributed by atoms with E-state index < -0.39 is 11.8 Å². The fraction of sp³-hybridized carbons (Fsp3) is 0.610. The van der Waals surface area contributed by atoms with E-state index >= 15 is 0 Å². The molecule has 0 aromatic heterocycles. The summed E-state index contributed by atoms with van der Waals surface area (Å²) in [5, 5.41) is 31.8. The van der Waals surface area contributed by atoms with Crippen LogP contribution in [0.15, 0.2) is 42.6 Å². The average Bonchev–Trinajstić information content (AvgIpc) is 3.20. The summed E-state index contributed by atoms with van der Waals surface area (Å²) in [7, 11) is 0. The standard InChI is InChI=1S/C39H65N7O9.C2H5N/c1-4-30(2)39(40)32-14-16-33(17-15-32)55-29-22-37(51)44-26-11-7-13-28-46(54)38(52)21-20-36(50)43-24-9-5-8-23-41-34(48)18-19-35(49)42-25-10-6-12-27-45(53)31(3)47;1-2-3/h14-17,53-54H,4-13,18-29,40H2,1-3H3,(H,41,48)(H,42,49)(H,43,50)(H,44,51);2H,1,3H2/b39-30+;. The van der Waals surface area contributed by atoms with Gasteiger partial charge in [-0.25, -0.2) is 10.1 Å². The summed E-state index contributed by atoms with van der Waals surface area (Å²) in [6, 6.07) is 7.47. The molecule has 1 rings (SSSR count). The zero-order valence-electron chi connectivity index (χ0n) is 35.0. The maximum Gasteiger partial charge on any atom is 0.246 e. The van der Waals surface area contributed by atoms with Gasteiger partial charge in [0.05, 0.1) is 13.0 Å². The molecule has 58 heavy (non-hydrogen) atoms. The Morgan fingerprint density at radius 2 is 1.05 bits per heavy atom. The third-order valence-electron chi connectivity index (χ3n) is 8.79. The van der Waals surface area contributed by atoms with Gasteiger partial charge < -0.3 is 37.5 Å². The molecule has 0 saturated heterocycles. The molecule has 17 nitrogen and oxygen atoms in total. The van der Waals surface area contributed by atoms with E-state index in [2.05, 4.69) is 40.5 Å². The summed E-state index contributed by atoms with van der Waals surface area (Å²) in [4.78, 5) is 71.2. The van der Waals surface area contributed by atoms with Gasteiger partial charge in [-0.15, -0.1) is 0 Å². The van der Waals surface area contributed by atoms with Gasteiger partial charge in [0.1, 0.15) is 5.75 Å². The number of ether oxygens (including phenoxy) is 1. The van der Waals surface area contributed by atoms with E-state index in [0.717, 1.165) is 36.1 Å². The molecule has 0 saturated carbocycles. The van der Waals surface area contributed by atoms with E-state index in [4.69, 9.17) is 10.5 Å². The maximum atomic E-state index is 12.2. The second-order valence-corrected chi connectivity index (χ2v) is 13.6. The maximum absolute atomic E-state index is 12.2. The number of carbonyl (C=O) groups excluding carboxylic acids is 6. The number of nitrogens with one attached hydrogen (secondary N) is 4. The van der Waals surface area contributed by atoms with E-state index in [9.17, 15) is 39.2 Å². The number of benzene rings is 1. The summed E-state index contributed by atoms with van der Waals surface area (Å²) in [5.41, 5.74) is 13.6. The van der Waals surface area contributed by atoms with Crippen LogP contribution in [-0.4, -0.2) is 102 Å². The second kappa shape index (κ2) is 33.9. The van der Waals surface area contributed by atoms with Crippen molar-refractivity contribution in [3.05, 3.63) is 48.2 Å². The Labute approximate surface area is 344 Å². The first-order valence-corrected chi connectivity index (χ1v) is 20.3. The Morgan fingerprint density at radius 3 is 1.48 bits per heavy atom. The zero-order valence-corrected chi connectivity index (χ0v) is 35.0. The fourth-order valence-electron chi connectivity index (χ4n) is 5.11. The Bertz CT molecular complexity index is 1410. The number of allylic oxidation sites excluding steroid dienone is 1. The normalized spacial score (nSPS) is 10.8. The molecule has 17 heteroatoms. The van der Waals surface area contributed by atoms with Crippen LogP contribution in [0.1, 0.15) is 123 Å². The highest BCUT2D eigenvalue weighted by Gasteiger charge is 2.13. The van der Waals surface area contributed by atoms with Crippen LogP contribution in [-0.2, 0) is 28.8 Å². The minimum atomic E-state index is -0.528. The van der Waals surface area contributed by atoms with Gasteiger partial charge in [-0.05, 0) is 107 Å². The van der Waals surface area contributed by atoms with Crippen molar-refractivity contribution >= 4 is 41.1 Å². The van der Waals surface area contributed by atoms with Crippen molar-refractivity contribution < 1.29 is 43.9 Å². The van der Waals surface area contributed by atoms with Crippen LogP contribution in [0.25, 0.3) is 5.70 Å². The van der Waals surface area contributed by atoms with Crippen LogP contribution in [0, 0.1) is 0 Å². The van der Waals surface area contributed by atoms with Crippen molar-refractivity contribution in [2.45, 2.75) is 117 Å². The summed E-state index contributed by atoms with van der Waals surface area (Å²) in [5.74, 6) is -1.09. The molecule has 0 unspecified atom stereocenters. The minimum Gasteiger partial charge on any atom is -0.493 e. The molecule has 0 aliphatic carbocycles. The number of amides is 6. The SMILES string of the molecule is C=CN.CC/C(C)=C(/N)c1ccc(OCCC(=O)NCCCCCN(O)C(=O)CCC(=O)NCCCCCNC(=O)CCC(=O)NCCCCCN(O)C(C)=O)cc1. The van der Waals surface area contributed by atoms with Gasteiger partial charge in [-0.3, -0.25) is 39.2 Å². The number of hydroxylamine groups is 4. The summed E-state index contributed by atoms with van der Waals surface area (Å²) in [6.07, 6.45) is 8.60. The third-order valence-corrected chi connectivity index (χ3v) is 8.79. The van der Waals surface area contributed by atoms with Gasteiger partial charge in [0, 0.05) is 77.6 Å². The van der Waals surface area contributed by atoms with E-state index in [0.29, 0.717) is 87.0 Å². The highest BCUT2D eigenvalue weighted by atomic mass is 16.5. The molecule has 10 N–H and O–H groups in total. The van der Waals surface area contributed by atoms with Gasteiger partial charge in [0.2, 0.25) is 35.4 Å². The lowest BCUT2D eigenvalue weighted by atomic mass is 10.1. The monoisotopic (exact) mass is 819 g/mol. The van der Waals surface area contributed by atoms with Crippen LogP contribution < -0.4 is 37.5 Å². The molecule has 1 aromatic carbocycles. The van der Waals surface area contributed by atoms with Crippen LogP contribution in [0.4, 0.5) is 0 Å². The molecule has 0 heterocycles. The first-order valence-electron chi connectivity index (χ1n) is 20.3. The van der Waals surface area contributed by atoms with Crippen molar-refractivity contribution in [1.29, 1.82) is 0 Å². The van der Waals surface area contributed by atoms with Crippen LogP contribution in [0.2, 0.25) is 0 Å². The lowest BCUT2D eigenvalue weighted by molar-refractivity contribution is -0.166. The van der Waals surface area contributed by atoms with Crippen molar-refractivity contribution in [1.82, 2.24) is 31.4 Å². The number of nitrogens with two attached hydrogens (primary N) is 2. The average molecular weight is 819 g/mol. The molecule has 328 valence electrons. The molecule has 0 aliphatic heterocycles. The van der Waals surface area contributed by atoms with Gasteiger partial charge in [0.25, 0.3) is 0 Å². The predicted molar refractivity (Wildman–Crippen MR) is 223 cm³/mol. The second-order valence-electron chi connectivity index (χ2n) is 13.6. The molecule has 0 bridgehead atoms. The molecule has 0 fully saturated rings. The third kappa shape index (κ3) is 28.3. The zero-order chi connectivity index (χ0) is 43.6. The van der Waals surface area contributed by atoms with Crippen LogP contribution in [0.5, 0.6) is 5.75 Å². The molecular formula is C41H70N8O9. The number of hydrogen-bond donors (Lipinski definition) is 8.